The largest absolute Gasteiger partial charge is 0.481 e. The van der Waals surface area contributed by atoms with Crippen LogP contribution in [0, 0.1) is 19.3 Å². The van der Waals surface area contributed by atoms with Gasteiger partial charge < -0.3 is 14.4 Å². The number of benzene rings is 1. The lowest BCUT2D eigenvalue weighted by Crippen LogP contribution is -2.33. The van der Waals surface area contributed by atoms with E-state index in [0.717, 1.165) is 17.0 Å². The van der Waals surface area contributed by atoms with E-state index in [2.05, 4.69) is 16.7 Å². The van der Waals surface area contributed by atoms with Gasteiger partial charge in [-0.15, -0.1) is 0 Å². The van der Waals surface area contributed by atoms with Crippen LogP contribution < -0.4 is 0 Å². The Labute approximate surface area is 142 Å². The van der Waals surface area contributed by atoms with E-state index in [9.17, 15) is 9.90 Å². The van der Waals surface area contributed by atoms with E-state index in [4.69, 9.17) is 4.74 Å². The third kappa shape index (κ3) is 3.15. The van der Waals surface area contributed by atoms with Gasteiger partial charge in [0.1, 0.15) is 5.41 Å². The lowest BCUT2D eigenvalue weighted by atomic mass is 9.87. The van der Waals surface area contributed by atoms with Gasteiger partial charge in [-0.1, -0.05) is 42.5 Å². The van der Waals surface area contributed by atoms with Gasteiger partial charge in [0.25, 0.3) is 0 Å². The van der Waals surface area contributed by atoms with E-state index in [1.807, 2.05) is 56.3 Å². The normalized spacial score (nSPS) is 22.8. The maximum atomic E-state index is 11.9. The molecule has 1 heterocycles. The van der Waals surface area contributed by atoms with Crippen molar-refractivity contribution in [2.24, 2.45) is 5.41 Å². The molecule has 0 saturated heterocycles. The Balaban J connectivity index is 1.70. The zero-order valence-corrected chi connectivity index (χ0v) is 14.1. The molecule has 2 atom stereocenters. The number of hydrogen-bond acceptors (Lipinski definition) is 2. The third-order valence-electron chi connectivity index (χ3n) is 4.77. The van der Waals surface area contributed by atoms with Crippen LogP contribution in [0.2, 0.25) is 0 Å². The van der Waals surface area contributed by atoms with E-state index in [1.165, 1.54) is 0 Å². The summed E-state index contributed by atoms with van der Waals surface area (Å²) in [4.78, 5) is 11.9. The molecule has 0 saturated carbocycles. The van der Waals surface area contributed by atoms with Crippen molar-refractivity contribution in [3.63, 3.8) is 0 Å². The van der Waals surface area contributed by atoms with Crippen molar-refractivity contribution in [1.29, 1.82) is 0 Å². The standard InChI is InChI=1S/C20H23NO3/c1-15-8-9-16(2)21(15)18-10-11-20(12-18,19(22)23)14-24-13-17-6-4-3-5-7-17/h3-11,18H,12-14H2,1-2H3,(H,22,23)/t18?,20-/m0/s1. The fraction of sp³-hybridized carbons (Fsp3) is 0.350. The second-order valence-corrected chi connectivity index (χ2v) is 6.56. The first kappa shape index (κ1) is 16.5. The van der Waals surface area contributed by atoms with E-state index in [0.29, 0.717) is 13.0 Å². The molecule has 1 aliphatic rings. The zero-order chi connectivity index (χ0) is 17.2. The molecule has 3 rings (SSSR count). The van der Waals surface area contributed by atoms with E-state index < -0.39 is 11.4 Å². The highest BCUT2D eigenvalue weighted by Crippen LogP contribution is 2.40. The maximum absolute atomic E-state index is 11.9. The molecule has 0 spiro atoms. The molecular weight excluding hydrogens is 302 g/mol. The first-order valence-electron chi connectivity index (χ1n) is 8.21. The summed E-state index contributed by atoms with van der Waals surface area (Å²) in [6.45, 7) is 4.71. The summed E-state index contributed by atoms with van der Waals surface area (Å²) in [5, 5.41) is 9.77. The molecule has 1 aliphatic carbocycles. The summed E-state index contributed by atoms with van der Waals surface area (Å²) in [6.07, 6.45) is 4.33. The molecule has 0 amide bonds. The molecule has 0 fully saturated rings. The number of aromatic nitrogens is 1. The number of allylic oxidation sites excluding steroid dienone is 1. The summed E-state index contributed by atoms with van der Waals surface area (Å²) in [6, 6.07) is 14.0. The van der Waals surface area contributed by atoms with Gasteiger partial charge in [-0.05, 0) is 38.0 Å². The Kier molecular flexibility index (Phi) is 4.58. The minimum absolute atomic E-state index is 0.0661. The summed E-state index contributed by atoms with van der Waals surface area (Å²) in [7, 11) is 0. The highest BCUT2D eigenvalue weighted by Gasteiger charge is 2.43. The second kappa shape index (κ2) is 6.65. The summed E-state index contributed by atoms with van der Waals surface area (Å²) >= 11 is 0. The van der Waals surface area contributed by atoms with E-state index in [1.54, 1.807) is 0 Å². The SMILES string of the molecule is Cc1ccc(C)n1C1C=C[C@](COCc2ccccc2)(C(=O)O)C1. The number of carbonyl (C=O) groups is 1. The Morgan fingerprint density at radius 2 is 1.88 bits per heavy atom. The van der Waals surface area contributed by atoms with Crippen LogP contribution >= 0.6 is 0 Å². The van der Waals surface area contributed by atoms with Gasteiger partial charge in [-0.2, -0.15) is 0 Å². The summed E-state index contributed by atoms with van der Waals surface area (Å²) < 4.78 is 7.95. The molecule has 0 radical (unpaired) electrons. The molecule has 0 aliphatic heterocycles. The Morgan fingerprint density at radius 1 is 1.21 bits per heavy atom. The lowest BCUT2D eigenvalue weighted by molar-refractivity contribution is -0.149. The molecule has 1 N–H and O–H groups in total. The minimum Gasteiger partial charge on any atom is -0.481 e. The predicted molar refractivity (Wildman–Crippen MR) is 92.9 cm³/mol. The van der Waals surface area contributed by atoms with Gasteiger partial charge >= 0.3 is 5.97 Å². The average molecular weight is 325 g/mol. The quantitative estimate of drug-likeness (QED) is 0.820. The molecule has 24 heavy (non-hydrogen) atoms. The second-order valence-electron chi connectivity index (χ2n) is 6.56. The molecule has 4 heteroatoms. The van der Waals surface area contributed by atoms with Crippen molar-refractivity contribution >= 4 is 5.97 Å². The van der Waals surface area contributed by atoms with Gasteiger partial charge in [-0.3, -0.25) is 4.79 Å². The molecule has 4 nitrogen and oxygen atoms in total. The Morgan fingerprint density at radius 3 is 2.50 bits per heavy atom. The third-order valence-corrected chi connectivity index (χ3v) is 4.77. The van der Waals surface area contributed by atoms with Crippen LogP contribution in [-0.2, 0) is 16.1 Å². The number of nitrogens with zero attached hydrogens (tertiary/aromatic N) is 1. The van der Waals surface area contributed by atoms with E-state index in [-0.39, 0.29) is 12.6 Å². The van der Waals surface area contributed by atoms with Crippen molar-refractivity contribution in [2.75, 3.05) is 6.61 Å². The maximum Gasteiger partial charge on any atom is 0.315 e. The van der Waals surface area contributed by atoms with Crippen LogP contribution in [0.5, 0.6) is 0 Å². The first-order chi connectivity index (χ1) is 11.5. The Bertz CT molecular complexity index is 728. The lowest BCUT2D eigenvalue weighted by Gasteiger charge is -2.25. The molecule has 126 valence electrons. The highest BCUT2D eigenvalue weighted by atomic mass is 16.5. The number of aliphatic carboxylic acids is 1. The summed E-state index contributed by atoms with van der Waals surface area (Å²) in [5.74, 6) is -0.822. The van der Waals surface area contributed by atoms with E-state index >= 15 is 0 Å². The van der Waals surface area contributed by atoms with Crippen LogP contribution in [0.25, 0.3) is 0 Å². The average Bonchev–Trinajstić information content (AvgIpc) is 3.13. The molecular formula is C20H23NO3. The van der Waals surface area contributed by atoms with Crippen LogP contribution in [0.1, 0.15) is 29.4 Å². The van der Waals surface area contributed by atoms with Crippen LogP contribution in [0.4, 0.5) is 0 Å². The number of carboxylic acid groups (broad SMARTS) is 1. The van der Waals surface area contributed by atoms with Crippen molar-refractivity contribution < 1.29 is 14.6 Å². The molecule has 1 aromatic heterocycles. The van der Waals surface area contributed by atoms with Crippen LogP contribution in [-0.4, -0.2) is 22.2 Å². The highest BCUT2D eigenvalue weighted by molar-refractivity contribution is 5.78. The molecule has 0 bridgehead atoms. The fourth-order valence-electron chi connectivity index (χ4n) is 3.44. The zero-order valence-electron chi connectivity index (χ0n) is 14.1. The topological polar surface area (TPSA) is 51.5 Å². The monoisotopic (exact) mass is 325 g/mol. The van der Waals surface area contributed by atoms with Crippen molar-refractivity contribution in [3.05, 3.63) is 71.6 Å². The van der Waals surface area contributed by atoms with Gasteiger partial charge in [0, 0.05) is 11.4 Å². The van der Waals surface area contributed by atoms with Gasteiger partial charge in [0.15, 0.2) is 0 Å². The van der Waals surface area contributed by atoms with Gasteiger partial charge in [-0.25, -0.2) is 0 Å². The van der Waals surface area contributed by atoms with Crippen LogP contribution in [0.3, 0.4) is 0 Å². The number of hydrogen-bond donors (Lipinski definition) is 1. The number of ether oxygens (including phenoxy) is 1. The Hall–Kier alpha value is -2.33. The van der Waals surface area contributed by atoms with Crippen molar-refractivity contribution in [1.82, 2.24) is 4.57 Å². The molecule has 2 aromatic rings. The minimum atomic E-state index is -0.956. The number of aryl methyl sites for hydroxylation is 2. The molecule has 1 aromatic carbocycles. The van der Waals surface area contributed by atoms with Crippen molar-refractivity contribution in [2.45, 2.75) is 32.9 Å². The number of rotatable bonds is 6. The first-order valence-corrected chi connectivity index (χ1v) is 8.21. The summed E-state index contributed by atoms with van der Waals surface area (Å²) in [5.41, 5.74) is 2.39. The van der Waals surface area contributed by atoms with Gasteiger partial charge in [0.05, 0.1) is 19.3 Å². The van der Waals surface area contributed by atoms with Gasteiger partial charge in [0.2, 0.25) is 0 Å². The van der Waals surface area contributed by atoms with Crippen molar-refractivity contribution in [3.8, 4) is 0 Å². The number of carboxylic acids is 1. The fourth-order valence-corrected chi connectivity index (χ4v) is 3.44. The smallest absolute Gasteiger partial charge is 0.315 e. The predicted octanol–water partition coefficient (Wildman–Crippen LogP) is 3.89. The van der Waals surface area contributed by atoms with Crippen LogP contribution in [0.15, 0.2) is 54.6 Å². The molecule has 1 unspecified atom stereocenters.